The second-order valence-electron chi connectivity index (χ2n) is 9.64. The molecule has 1 aromatic carbocycles. The molecule has 4 rings (SSSR count). The maximum Gasteiger partial charge on any atom is 0.339 e. The van der Waals surface area contributed by atoms with E-state index in [4.69, 9.17) is 14.1 Å². The topological polar surface area (TPSA) is 102 Å². The number of allylic oxidation sites excluding steroid dienone is 1. The molecular formula is C27H29N3O5. The van der Waals surface area contributed by atoms with Gasteiger partial charge in [0.1, 0.15) is 5.76 Å². The second-order valence-corrected chi connectivity index (χ2v) is 9.64. The molecule has 0 unspecified atom stereocenters. The van der Waals surface area contributed by atoms with Crippen LogP contribution < -0.4 is 5.32 Å². The highest BCUT2D eigenvalue weighted by atomic mass is 16.5. The van der Waals surface area contributed by atoms with Gasteiger partial charge in [0, 0.05) is 18.0 Å². The number of esters is 1. The molecule has 1 aliphatic rings. The number of ether oxygens (including phenoxy) is 1. The van der Waals surface area contributed by atoms with Crippen LogP contribution >= 0.6 is 0 Å². The summed E-state index contributed by atoms with van der Waals surface area (Å²) in [4.78, 5) is 44.0. The van der Waals surface area contributed by atoms with Crippen molar-refractivity contribution in [2.45, 2.75) is 39.2 Å². The molecule has 1 N–H and O–H groups in total. The van der Waals surface area contributed by atoms with Gasteiger partial charge in [-0.15, -0.1) is 0 Å². The van der Waals surface area contributed by atoms with Gasteiger partial charge in [-0.2, -0.15) is 0 Å². The number of likely N-dealkylation sites (N-methyl/N-ethyl adjacent to an activating group) is 1. The maximum atomic E-state index is 13.2. The summed E-state index contributed by atoms with van der Waals surface area (Å²) in [5, 5.41) is 3.49. The summed E-state index contributed by atoms with van der Waals surface area (Å²) in [5.41, 5.74) is 3.23. The molecule has 0 saturated heterocycles. The average Bonchev–Trinajstić information content (AvgIpc) is 3.44. The quantitative estimate of drug-likeness (QED) is 0.544. The highest BCUT2D eigenvalue weighted by Crippen LogP contribution is 2.37. The Morgan fingerprint density at radius 1 is 1.14 bits per heavy atom. The first kappa shape index (κ1) is 24.2. The van der Waals surface area contributed by atoms with Gasteiger partial charge in [-0.1, -0.05) is 18.2 Å². The lowest BCUT2D eigenvalue weighted by atomic mass is 10.0. The van der Waals surface area contributed by atoms with Crippen LogP contribution in [0.2, 0.25) is 0 Å². The molecule has 0 fully saturated rings. The summed E-state index contributed by atoms with van der Waals surface area (Å²) < 4.78 is 10.9. The monoisotopic (exact) mass is 475 g/mol. The molecule has 0 spiro atoms. The van der Waals surface area contributed by atoms with E-state index in [2.05, 4.69) is 5.32 Å². The number of rotatable bonds is 6. The van der Waals surface area contributed by atoms with Crippen LogP contribution in [0.1, 0.15) is 54.6 Å². The van der Waals surface area contributed by atoms with E-state index in [1.54, 1.807) is 6.26 Å². The van der Waals surface area contributed by atoms with Crippen molar-refractivity contribution in [2.24, 2.45) is 0 Å². The number of hydrogen-bond donors (Lipinski definition) is 1. The third-order valence-corrected chi connectivity index (χ3v) is 5.65. The summed E-state index contributed by atoms with van der Waals surface area (Å²) in [7, 11) is 1.50. The predicted molar refractivity (Wildman–Crippen MR) is 132 cm³/mol. The van der Waals surface area contributed by atoms with Gasteiger partial charge >= 0.3 is 5.97 Å². The molecule has 182 valence electrons. The molecule has 35 heavy (non-hydrogen) atoms. The van der Waals surface area contributed by atoms with E-state index in [0.717, 1.165) is 22.6 Å². The van der Waals surface area contributed by atoms with Crippen molar-refractivity contribution in [1.29, 1.82) is 0 Å². The van der Waals surface area contributed by atoms with E-state index in [1.807, 2.05) is 63.2 Å². The summed E-state index contributed by atoms with van der Waals surface area (Å²) in [6, 6.07) is 11.1. The molecule has 8 heteroatoms. The number of para-hydroxylation sites is 1. The normalized spacial score (nSPS) is 14.1. The Labute approximate surface area is 204 Å². The molecule has 3 aromatic rings. The Bertz CT molecular complexity index is 1300. The largest absolute Gasteiger partial charge is 0.465 e. The lowest BCUT2D eigenvalue weighted by Crippen LogP contribution is -2.46. The van der Waals surface area contributed by atoms with Crippen LogP contribution in [0.3, 0.4) is 0 Å². The zero-order valence-electron chi connectivity index (χ0n) is 20.4. The third kappa shape index (κ3) is 5.59. The van der Waals surface area contributed by atoms with E-state index in [-0.39, 0.29) is 12.5 Å². The molecule has 0 bridgehead atoms. The van der Waals surface area contributed by atoms with E-state index in [9.17, 15) is 14.4 Å². The molecule has 1 aliphatic carbocycles. The highest BCUT2D eigenvalue weighted by Gasteiger charge is 2.28. The van der Waals surface area contributed by atoms with E-state index < -0.39 is 24.0 Å². The van der Waals surface area contributed by atoms with Crippen LogP contribution in [0.5, 0.6) is 0 Å². The lowest BCUT2D eigenvalue weighted by Gasteiger charge is -2.23. The number of amides is 2. The van der Waals surface area contributed by atoms with Crippen molar-refractivity contribution >= 4 is 40.3 Å². The van der Waals surface area contributed by atoms with Crippen LogP contribution in [0, 0.1) is 0 Å². The van der Waals surface area contributed by atoms with Crippen molar-refractivity contribution in [3.05, 3.63) is 65.2 Å². The van der Waals surface area contributed by atoms with Crippen molar-refractivity contribution in [1.82, 2.24) is 15.2 Å². The zero-order valence-corrected chi connectivity index (χ0v) is 20.4. The predicted octanol–water partition coefficient (Wildman–Crippen LogP) is 3.84. The number of nitrogens with zero attached hydrogens (tertiary/aromatic N) is 2. The van der Waals surface area contributed by atoms with E-state index >= 15 is 0 Å². The Kier molecular flexibility index (Phi) is 6.73. The molecule has 0 radical (unpaired) electrons. The van der Waals surface area contributed by atoms with Gasteiger partial charge in [0.2, 0.25) is 5.91 Å². The van der Waals surface area contributed by atoms with Gasteiger partial charge in [0.25, 0.3) is 5.91 Å². The minimum Gasteiger partial charge on any atom is -0.465 e. The minimum absolute atomic E-state index is 0.123. The second kappa shape index (κ2) is 9.74. The highest BCUT2D eigenvalue weighted by molar-refractivity contribution is 6.07. The smallest absolute Gasteiger partial charge is 0.339 e. The van der Waals surface area contributed by atoms with Crippen LogP contribution in [-0.4, -0.2) is 53.4 Å². The molecule has 2 aromatic heterocycles. The summed E-state index contributed by atoms with van der Waals surface area (Å²) in [5.74, 6) is -0.611. The molecule has 8 nitrogen and oxygen atoms in total. The molecule has 2 amide bonds. The maximum absolute atomic E-state index is 13.2. The fourth-order valence-electron chi connectivity index (χ4n) is 4.13. The Morgan fingerprint density at radius 2 is 1.91 bits per heavy atom. The van der Waals surface area contributed by atoms with Crippen molar-refractivity contribution in [3.8, 4) is 0 Å². The van der Waals surface area contributed by atoms with Crippen LogP contribution in [-0.2, 0) is 20.7 Å². The number of hydrogen-bond acceptors (Lipinski definition) is 6. The average molecular weight is 476 g/mol. The van der Waals surface area contributed by atoms with Crippen LogP contribution in [0.4, 0.5) is 0 Å². The van der Waals surface area contributed by atoms with E-state index in [1.165, 1.54) is 11.9 Å². The fourth-order valence-corrected chi connectivity index (χ4v) is 4.13. The Balaban J connectivity index is 1.54. The number of benzene rings is 1. The first-order valence-electron chi connectivity index (χ1n) is 11.5. The number of carbonyl (C=O) groups excluding carboxylic acids is 3. The molecular weight excluding hydrogens is 446 g/mol. The van der Waals surface area contributed by atoms with Crippen LogP contribution in [0.15, 0.2) is 47.1 Å². The Hall–Kier alpha value is -3.94. The molecule has 0 atom stereocenters. The van der Waals surface area contributed by atoms with Crippen molar-refractivity contribution < 1.29 is 23.5 Å². The molecule has 2 heterocycles. The third-order valence-electron chi connectivity index (χ3n) is 5.65. The van der Waals surface area contributed by atoms with Gasteiger partial charge in [0.05, 0.1) is 29.6 Å². The number of pyridine rings is 1. The number of nitrogens with one attached hydrogen (secondary N) is 1. The van der Waals surface area contributed by atoms with Gasteiger partial charge in [0.15, 0.2) is 6.61 Å². The van der Waals surface area contributed by atoms with Crippen molar-refractivity contribution in [2.75, 3.05) is 20.2 Å². The van der Waals surface area contributed by atoms with Gasteiger partial charge < -0.3 is 19.4 Å². The van der Waals surface area contributed by atoms with Gasteiger partial charge in [-0.05, 0) is 69.0 Å². The standard InChI is InChI=1S/C27H29N3O5/c1-27(2,3)29-22(31)15-30(4)23(32)16-35-26(33)24-19-9-5-6-10-21(19)28-25-17(11-12-20(24)25)14-18-8-7-13-34-18/h5-10,13-14H,11-12,15-16H2,1-4H3,(H,29,31)/b17-14+. The lowest BCUT2D eigenvalue weighted by molar-refractivity contribution is -0.137. The first-order chi connectivity index (χ1) is 16.6. The summed E-state index contributed by atoms with van der Waals surface area (Å²) in [6.45, 7) is 5.00. The zero-order chi connectivity index (χ0) is 25.2. The SMILES string of the molecule is CN(CC(=O)NC(C)(C)C)C(=O)COC(=O)c1c2c(nc3ccccc13)/C(=C/c1ccco1)CC2. The number of carbonyl (C=O) groups is 3. The molecule has 0 aliphatic heterocycles. The minimum atomic E-state index is -0.583. The van der Waals surface area contributed by atoms with Gasteiger partial charge in [-0.25, -0.2) is 9.78 Å². The number of aromatic nitrogens is 1. The fraction of sp³-hybridized carbons (Fsp3) is 0.333. The Morgan fingerprint density at radius 3 is 2.63 bits per heavy atom. The first-order valence-corrected chi connectivity index (χ1v) is 11.5. The number of furan rings is 1. The van der Waals surface area contributed by atoms with Crippen LogP contribution in [0.25, 0.3) is 22.6 Å². The van der Waals surface area contributed by atoms with E-state index in [0.29, 0.717) is 29.3 Å². The van der Waals surface area contributed by atoms with Crippen molar-refractivity contribution in [3.63, 3.8) is 0 Å². The van der Waals surface area contributed by atoms with Gasteiger partial charge in [-0.3, -0.25) is 9.59 Å². The molecule has 0 saturated carbocycles. The number of fused-ring (bicyclic) bond motifs is 2. The summed E-state index contributed by atoms with van der Waals surface area (Å²) >= 11 is 0. The summed E-state index contributed by atoms with van der Waals surface area (Å²) in [6.07, 6.45) is 4.89.